The van der Waals surface area contributed by atoms with Crippen LogP contribution in [-0.4, -0.2) is 33.7 Å². The number of hydrogen-bond donors (Lipinski definition) is 3. The Labute approximate surface area is 129 Å². The fourth-order valence-corrected chi connectivity index (χ4v) is 1.94. The molecule has 0 atom stereocenters. The number of esters is 1. The van der Waals surface area contributed by atoms with Crippen LogP contribution in [0.15, 0.2) is 12.1 Å². The minimum Gasteiger partial charge on any atom is -0.504 e. The smallest absolute Gasteiger partial charge is 0.338 e. The molecule has 22 heavy (non-hydrogen) atoms. The van der Waals surface area contributed by atoms with Crippen LogP contribution in [0.2, 0.25) is 0 Å². The molecule has 3 N–H and O–H groups in total. The molecule has 6 heteroatoms. The van der Waals surface area contributed by atoms with Crippen molar-refractivity contribution in [2.75, 3.05) is 6.61 Å². The van der Waals surface area contributed by atoms with E-state index in [9.17, 15) is 24.9 Å². The van der Waals surface area contributed by atoms with Gasteiger partial charge < -0.3 is 20.1 Å². The normalized spacial score (nSPS) is 10.4. The first-order valence-electron chi connectivity index (χ1n) is 7.39. The molecule has 0 saturated carbocycles. The molecule has 0 radical (unpaired) electrons. The molecular weight excluding hydrogens is 288 g/mol. The molecule has 0 aliphatic heterocycles. The van der Waals surface area contributed by atoms with Gasteiger partial charge in [-0.25, -0.2) is 4.79 Å². The summed E-state index contributed by atoms with van der Waals surface area (Å²) < 4.78 is 4.91. The van der Waals surface area contributed by atoms with Crippen molar-refractivity contribution in [3.05, 3.63) is 17.7 Å². The van der Waals surface area contributed by atoms with E-state index in [1.54, 1.807) is 0 Å². The van der Waals surface area contributed by atoms with Gasteiger partial charge in [-0.1, -0.05) is 26.2 Å². The maximum atomic E-state index is 11.7. The number of ether oxygens (including phenoxy) is 1. The summed E-state index contributed by atoms with van der Waals surface area (Å²) in [6.07, 6.45) is 4.72. The molecule has 0 fully saturated rings. The zero-order valence-electron chi connectivity index (χ0n) is 12.7. The van der Waals surface area contributed by atoms with E-state index in [0.29, 0.717) is 6.42 Å². The van der Waals surface area contributed by atoms with Crippen LogP contribution in [0, 0.1) is 0 Å². The van der Waals surface area contributed by atoms with Crippen LogP contribution in [0.4, 0.5) is 0 Å². The predicted molar refractivity (Wildman–Crippen MR) is 80.1 cm³/mol. The topological polar surface area (TPSA) is 104 Å². The lowest BCUT2D eigenvalue weighted by Gasteiger charge is -2.07. The summed E-state index contributed by atoms with van der Waals surface area (Å²) in [7, 11) is 0. The number of unbranched alkanes of at least 4 members (excludes halogenated alkanes) is 3. The Balaban J connectivity index is 2.36. The number of ketones is 1. The van der Waals surface area contributed by atoms with Crippen LogP contribution in [-0.2, 0) is 9.53 Å². The molecule has 1 rings (SSSR count). The molecule has 0 aliphatic rings. The third-order valence-corrected chi connectivity index (χ3v) is 3.23. The monoisotopic (exact) mass is 310 g/mol. The lowest BCUT2D eigenvalue weighted by Crippen LogP contribution is -2.10. The predicted octanol–water partition coefficient (Wildman–Crippen LogP) is 2.89. The van der Waals surface area contributed by atoms with Crippen molar-refractivity contribution in [3.63, 3.8) is 0 Å². The number of rotatable bonds is 9. The van der Waals surface area contributed by atoms with Gasteiger partial charge in [-0.15, -0.1) is 0 Å². The first-order chi connectivity index (χ1) is 10.5. The van der Waals surface area contributed by atoms with Crippen molar-refractivity contribution in [2.24, 2.45) is 0 Å². The van der Waals surface area contributed by atoms with Gasteiger partial charge >= 0.3 is 5.97 Å². The molecule has 122 valence electrons. The van der Waals surface area contributed by atoms with Crippen LogP contribution in [0.1, 0.15) is 55.8 Å². The van der Waals surface area contributed by atoms with E-state index in [-0.39, 0.29) is 24.4 Å². The fourth-order valence-electron chi connectivity index (χ4n) is 1.94. The number of Topliss-reactive ketones (excluding diaryl/α,β-unsaturated/α-hetero) is 1. The summed E-state index contributed by atoms with van der Waals surface area (Å²) in [4.78, 5) is 23.3. The highest BCUT2D eigenvalue weighted by atomic mass is 16.5. The van der Waals surface area contributed by atoms with Gasteiger partial charge in [0.05, 0.1) is 12.2 Å². The maximum absolute atomic E-state index is 11.7. The molecule has 0 unspecified atom stereocenters. The standard InChI is InChI=1S/C16H22O6/c1-2-3-4-5-6-12(17)7-8-22-16(21)11-9-13(18)15(20)14(19)10-11/h9-10,18-20H,2-8H2,1H3. The van der Waals surface area contributed by atoms with Gasteiger partial charge in [-0.05, 0) is 18.6 Å². The zero-order valence-corrected chi connectivity index (χ0v) is 12.7. The van der Waals surface area contributed by atoms with E-state index in [2.05, 4.69) is 6.92 Å². The van der Waals surface area contributed by atoms with Crippen molar-refractivity contribution in [1.82, 2.24) is 0 Å². The summed E-state index contributed by atoms with van der Waals surface area (Å²) in [5, 5.41) is 27.8. The van der Waals surface area contributed by atoms with Crippen molar-refractivity contribution < 1.29 is 29.6 Å². The van der Waals surface area contributed by atoms with Crippen molar-refractivity contribution in [1.29, 1.82) is 0 Å². The molecule has 0 aromatic heterocycles. The highest BCUT2D eigenvalue weighted by Gasteiger charge is 2.15. The molecule has 0 spiro atoms. The quantitative estimate of drug-likeness (QED) is 0.368. The third-order valence-electron chi connectivity index (χ3n) is 3.23. The lowest BCUT2D eigenvalue weighted by atomic mass is 10.1. The van der Waals surface area contributed by atoms with E-state index in [4.69, 9.17) is 4.74 Å². The second-order valence-electron chi connectivity index (χ2n) is 5.10. The maximum Gasteiger partial charge on any atom is 0.338 e. The number of carbonyl (C=O) groups excluding carboxylic acids is 2. The summed E-state index contributed by atoms with van der Waals surface area (Å²) >= 11 is 0. The second-order valence-corrected chi connectivity index (χ2v) is 5.10. The van der Waals surface area contributed by atoms with Crippen LogP contribution in [0.3, 0.4) is 0 Å². The number of benzene rings is 1. The van der Waals surface area contributed by atoms with Crippen LogP contribution in [0.25, 0.3) is 0 Å². The van der Waals surface area contributed by atoms with E-state index >= 15 is 0 Å². The Morgan fingerprint density at radius 1 is 1.00 bits per heavy atom. The average molecular weight is 310 g/mol. The molecule has 0 aliphatic carbocycles. The van der Waals surface area contributed by atoms with Gasteiger partial charge in [0.2, 0.25) is 0 Å². The minimum atomic E-state index is -0.774. The Kier molecular flexibility index (Phi) is 7.22. The number of phenols is 3. The van der Waals surface area contributed by atoms with Gasteiger partial charge in [0.15, 0.2) is 17.2 Å². The molecule has 0 heterocycles. The van der Waals surface area contributed by atoms with Crippen molar-refractivity contribution in [2.45, 2.75) is 45.4 Å². The van der Waals surface area contributed by atoms with Gasteiger partial charge in [-0.3, -0.25) is 4.79 Å². The number of aromatic hydroxyl groups is 3. The van der Waals surface area contributed by atoms with Crippen LogP contribution < -0.4 is 0 Å². The van der Waals surface area contributed by atoms with E-state index in [1.165, 1.54) is 0 Å². The number of phenolic OH excluding ortho intramolecular Hbond substituents is 3. The Morgan fingerprint density at radius 2 is 1.64 bits per heavy atom. The first kappa shape index (κ1) is 17.8. The van der Waals surface area contributed by atoms with E-state index in [1.807, 2.05) is 0 Å². The van der Waals surface area contributed by atoms with E-state index in [0.717, 1.165) is 37.8 Å². The number of carbonyl (C=O) groups is 2. The summed E-state index contributed by atoms with van der Waals surface area (Å²) in [5.41, 5.74) is -0.0943. The number of hydrogen-bond acceptors (Lipinski definition) is 6. The molecule has 1 aromatic carbocycles. The third kappa shape index (κ3) is 5.63. The summed E-state index contributed by atoms with van der Waals surface area (Å²) in [5.74, 6) is -2.65. The zero-order chi connectivity index (χ0) is 16.5. The minimum absolute atomic E-state index is 0.0419. The largest absolute Gasteiger partial charge is 0.504 e. The second kappa shape index (κ2) is 8.92. The van der Waals surface area contributed by atoms with Crippen molar-refractivity contribution >= 4 is 11.8 Å². The van der Waals surface area contributed by atoms with Gasteiger partial charge in [0.25, 0.3) is 0 Å². The van der Waals surface area contributed by atoms with Crippen LogP contribution in [0.5, 0.6) is 17.2 Å². The van der Waals surface area contributed by atoms with Gasteiger partial charge in [-0.2, -0.15) is 0 Å². The van der Waals surface area contributed by atoms with Gasteiger partial charge in [0, 0.05) is 12.8 Å². The van der Waals surface area contributed by atoms with E-state index < -0.39 is 23.2 Å². The summed E-state index contributed by atoms with van der Waals surface area (Å²) in [6, 6.07) is 1.98. The lowest BCUT2D eigenvalue weighted by molar-refractivity contribution is -0.119. The molecule has 0 bridgehead atoms. The highest BCUT2D eigenvalue weighted by Crippen LogP contribution is 2.35. The molecule has 1 aromatic rings. The molecular formula is C16H22O6. The summed E-state index contributed by atoms with van der Waals surface area (Å²) in [6.45, 7) is 2.05. The Bertz CT molecular complexity index is 500. The fraction of sp³-hybridized carbons (Fsp3) is 0.500. The molecule has 0 saturated heterocycles. The highest BCUT2D eigenvalue weighted by molar-refractivity contribution is 5.91. The molecule has 6 nitrogen and oxygen atoms in total. The van der Waals surface area contributed by atoms with Crippen LogP contribution >= 0.6 is 0 Å². The first-order valence-corrected chi connectivity index (χ1v) is 7.39. The Hall–Kier alpha value is -2.24. The molecule has 0 amide bonds. The average Bonchev–Trinajstić information content (AvgIpc) is 2.48. The Morgan fingerprint density at radius 3 is 2.23 bits per heavy atom. The van der Waals surface area contributed by atoms with Gasteiger partial charge in [0.1, 0.15) is 5.78 Å². The SMILES string of the molecule is CCCCCCC(=O)CCOC(=O)c1cc(O)c(O)c(O)c1. The van der Waals surface area contributed by atoms with Crippen molar-refractivity contribution in [3.8, 4) is 17.2 Å².